The zero-order chi connectivity index (χ0) is 15.4. The molecule has 0 fully saturated rings. The molecule has 0 unspecified atom stereocenters. The Morgan fingerprint density at radius 2 is 1.85 bits per heavy atom. The molecule has 4 heteroatoms. The van der Waals surface area contributed by atoms with Crippen LogP contribution in [0.2, 0.25) is 0 Å². The van der Waals surface area contributed by atoms with Gasteiger partial charge >= 0.3 is 0 Å². The van der Waals surface area contributed by atoms with Gasteiger partial charge in [-0.25, -0.2) is 4.39 Å². The van der Waals surface area contributed by atoms with Crippen LogP contribution in [0.1, 0.15) is 46.6 Å². The highest BCUT2D eigenvalue weighted by molar-refractivity contribution is 5.34. The maximum atomic E-state index is 13.4. The molecule has 0 aromatic heterocycles. The Morgan fingerprint density at radius 3 is 2.40 bits per heavy atom. The van der Waals surface area contributed by atoms with Gasteiger partial charge < -0.3 is 15.2 Å². The van der Waals surface area contributed by atoms with Crippen LogP contribution in [0.5, 0.6) is 5.75 Å². The first-order valence-corrected chi connectivity index (χ1v) is 6.95. The van der Waals surface area contributed by atoms with Crippen molar-refractivity contribution in [2.45, 2.75) is 58.7 Å². The van der Waals surface area contributed by atoms with Crippen molar-refractivity contribution in [3.05, 3.63) is 29.6 Å². The predicted octanol–water partition coefficient (Wildman–Crippen LogP) is 3.25. The number of halogens is 1. The summed E-state index contributed by atoms with van der Waals surface area (Å²) >= 11 is 0. The monoisotopic (exact) mass is 283 g/mol. The second-order valence-corrected chi connectivity index (χ2v) is 6.77. The van der Waals surface area contributed by atoms with Crippen molar-refractivity contribution in [2.75, 3.05) is 6.61 Å². The van der Waals surface area contributed by atoms with Crippen molar-refractivity contribution in [1.82, 2.24) is 5.32 Å². The molecule has 0 atom stereocenters. The fourth-order valence-corrected chi connectivity index (χ4v) is 1.60. The number of aliphatic hydroxyl groups is 1. The number of hydrogen-bond acceptors (Lipinski definition) is 3. The molecule has 0 bridgehead atoms. The van der Waals surface area contributed by atoms with E-state index in [1.165, 1.54) is 12.1 Å². The summed E-state index contributed by atoms with van der Waals surface area (Å²) in [5, 5.41) is 13.0. The third-order valence-electron chi connectivity index (χ3n) is 2.80. The van der Waals surface area contributed by atoms with Crippen molar-refractivity contribution in [1.29, 1.82) is 0 Å². The standard InChI is InChI=1S/C16H26FNO2/c1-15(2,3)18-11-12-10-13(17)6-7-14(12)20-9-8-16(4,5)19/h6-7,10,18-19H,8-9,11H2,1-5H3. The van der Waals surface area contributed by atoms with E-state index in [4.69, 9.17) is 4.74 Å². The molecule has 0 heterocycles. The molecule has 20 heavy (non-hydrogen) atoms. The molecule has 1 aromatic rings. The van der Waals surface area contributed by atoms with Gasteiger partial charge in [0.2, 0.25) is 0 Å². The largest absolute Gasteiger partial charge is 0.493 e. The first-order chi connectivity index (χ1) is 9.07. The van der Waals surface area contributed by atoms with Gasteiger partial charge in [0.1, 0.15) is 11.6 Å². The average molecular weight is 283 g/mol. The summed E-state index contributed by atoms with van der Waals surface area (Å²) in [6, 6.07) is 4.51. The van der Waals surface area contributed by atoms with Crippen LogP contribution in [0.25, 0.3) is 0 Å². The van der Waals surface area contributed by atoms with Gasteiger partial charge in [0.15, 0.2) is 0 Å². The van der Waals surface area contributed by atoms with Crippen LogP contribution in [0.15, 0.2) is 18.2 Å². The van der Waals surface area contributed by atoms with Gasteiger partial charge in [-0.2, -0.15) is 0 Å². The van der Waals surface area contributed by atoms with Crippen molar-refractivity contribution in [3.63, 3.8) is 0 Å². The van der Waals surface area contributed by atoms with E-state index in [0.717, 1.165) is 5.56 Å². The lowest BCUT2D eigenvalue weighted by Crippen LogP contribution is -2.35. The molecule has 0 aliphatic heterocycles. The summed E-state index contributed by atoms with van der Waals surface area (Å²) in [5.41, 5.74) is -0.0174. The third kappa shape index (κ3) is 6.87. The van der Waals surface area contributed by atoms with E-state index >= 15 is 0 Å². The minimum atomic E-state index is -0.760. The Bertz CT molecular complexity index is 433. The Hall–Kier alpha value is -1.13. The lowest BCUT2D eigenvalue weighted by Gasteiger charge is -2.22. The van der Waals surface area contributed by atoms with Crippen LogP contribution in [0, 0.1) is 5.82 Å². The molecule has 1 rings (SSSR count). The Labute approximate surface area is 121 Å². The van der Waals surface area contributed by atoms with E-state index in [1.54, 1.807) is 19.9 Å². The highest BCUT2D eigenvalue weighted by Crippen LogP contribution is 2.21. The smallest absolute Gasteiger partial charge is 0.123 e. The second kappa shape index (κ2) is 6.55. The fourth-order valence-electron chi connectivity index (χ4n) is 1.60. The topological polar surface area (TPSA) is 41.5 Å². The molecule has 0 radical (unpaired) electrons. The van der Waals surface area contributed by atoms with E-state index in [-0.39, 0.29) is 11.4 Å². The molecule has 0 saturated carbocycles. The van der Waals surface area contributed by atoms with E-state index in [9.17, 15) is 9.50 Å². The summed E-state index contributed by atoms with van der Waals surface area (Å²) < 4.78 is 19.0. The van der Waals surface area contributed by atoms with Crippen LogP contribution in [-0.4, -0.2) is 22.9 Å². The van der Waals surface area contributed by atoms with E-state index < -0.39 is 5.60 Å². The Balaban J connectivity index is 2.70. The summed E-state index contributed by atoms with van der Waals surface area (Å²) in [6.07, 6.45) is 0.524. The molecular weight excluding hydrogens is 257 g/mol. The van der Waals surface area contributed by atoms with Crippen LogP contribution in [-0.2, 0) is 6.54 Å². The van der Waals surface area contributed by atoms with Gasteiger partial charge in [-0.15, -0.1) is 0 Å². The molecule has 0 spiro atoms. The molecule has 0 aliphatic carbocycles. The lowest BCUT2D eigenvalue weighted by molar-refractivity contribution is 0.0551. The minimum Gasteiger partial charge on any atom is -0.493 e. The minimum absolute atomic E-state index is 0.0450. The Morgan fingerprint density at radius 1 is 1.20 bits per heavy atom. The highest BCUT2D eigenvalue weighted by atomic mass is 19.1. The summed E-state index contributed by atoms with van der Waals surface area (Å²) in [6.45, 7) is 10.6. The highest BCUT2D eigenvalue weighted by Gasteiger charge is 2.14. The molecular formula is C16H26FNO2. The number of benzene rings is 1. The maximum absolute atomic E-state index is 13.4. The maximum Gasteiger partial charge on any atom is 0.123 e. The molecule has 0 aliphatic rings. The van der Waals surface area contributed by atoms with Crippen LogP contribution in [0.4, 0.5) is 4.39 Å². The normalized spacial score (nSPS) is 12.6. The molecule has 2 N–H and O–H groups in total. The number of hydrogen-bond donors (Lipinski definition) is 2. The SMILES string of the molecule is CC(C)(O)CCOc1ccc(F)cc1CNC(C)(C)C. The first kappa shape index (κ1) is 16.9. The van der Waals surface area contributed by atoms with Gasteiger partial charge in [-0.05, 0) is 52.8 Å². The Kier molecular flexibility index (Phi) is 5.54. The lowest BCUT2D eigenvalue weighted by atomic mass is 10.1. The van der Waals surface area contributed by atoms with E-state index in [1.807, 2.05) is 0 Å². The quantitative estimate of drug-likeness (QED) is 0.842. The predicted molar refractivity (Wildman–Crippen MR) is 79.4 cm³/mol. The van der Waals surface area contributed by atoms with Gasteiger partial charge in [0, 0.05) is 24.1 Å². The van der Waals surface area contributed by atoms with Gasteiger partial charge in [0.05, 0.1) is 12.2 Å². The van der Waals surface area contributed by atoms with Crippen LogP contribution < -0.4 is 10.1 Å². The summed E-state index contributed by atoms with van der Waals surface area (Å²) in [7, 11) is 0. The summed E-state index contributed by atoms with van der Waals surface area (Å²) in [4.78, 5) is 0. The molecule has 0 amide bonds. The second-order valence-electron chi connectivity index (χ2n) is 6.77. The molecule has 114 valence electrons. The van der Waals surface area contributed by atoms with Crippen LogP contribution >= 0.6 is 0 Å². The zero-order valence-corrected chi connectivity index (χ0v) is 13.1. The molecule has 0 saturated heterocycles. The van der Waals surface area contributed by atoms with Crippen molar-refractivity contribution in [3.8, 4) is 5.75 Å². The zero-order valence-electron chi connectivity index (χ0n) is 13.1. The van der Waals surface area contributed by atoms with Crippen molar-refractivity contribution < 1.29 is 14.2 Å². The fraction of sp³-hybridized carbons (Fsp3) is 0.625. The average Bonchev–Trinajstić information content (AvgIpc) is 2.26. The number of ether oxygens (including phenoxy) is 1. The van der Waals surface area contributed by atoms with E-state index in [2.05, 4.69) is 26.1 Å². The number of nitrogens with one attached hydrogen (secondary N) is 1. The molecule has 1 aromatic carbocycles. The molecule has 3 nitrogen and oxygen atoms in total. The number of rotatable bonds is 6. The van der Waals surface area contributed by atoms with Crippen molar-refractivity contribution in [2.24, 2.45) is 0 Å². The van der Waals surface area contributed by atoms with Crippen LogP contribution in [0.3, 0.4) is 0 Å². The van der Waals surface area contributed by atoms with Gasteiger partial charge in [-0.1, -0.05) is 0 Å². The van der Waals surface area contributed by atoms with Gasteiger partial charge in [0.25, 0.3) is 0 Å². The van der Waals surface area contributed by atoms with Crippen molar-refractivity contribution >= 4 is 0 Å². The first-order valence-electron chi connectivity index (χ1n) is 6.95. The van der Waals surface area contributed by atoms with E-state index in [0.29, 0.717) is 25.3 Å². The third-order valence-corrected chi connectivity index (χ3v) is 2.80. The summed E-state index contributed by atoms with van der Waals surface area (Å²) in [5.74, 6) is 0.387. The van der Waals surface area contributed by atoms with Gasteiger partial charge in [-0.3, -0.25) is 0 Å².